The van der Waals surface area contributed by atoms with Crippen molar-refractivity contribution in [3.8, 4) is 0 Å². The average Bonchev–Trinajstić information content (AvgIpc) is 2.88. The van der Waals surface area contributed by atoms with Gasteiger partial charge in [-0.25, -0.2) is 5.10 Å². The quantitative estimate of drug-likeness (QED) is 0.735. The van der Waals surface area contributed by atoms with E-state index >= 15 is 0 Å². The maximum atomic E-state index is 13.4. The van der Waals surface area contributed by atoms with Gasteiger partial charge in [-0.3, -0.25) is 13.8 Å². The van der Waals surface area contributed by atoms with Crippen LogP contribution in [0.25, 0.3) is 16.0 Å². The number of rotatable bonds is 2. The summed E-state index contributed by atoms with van der Waals surface area (Å²) < 4.78 is 17.2. The van der Waals surface area contributed by atoms with Crippen molar-refractivity contribution < 1.29 is 4.39 Å². The van der Waals surface area contributed by atoms with Crippen LogP contribution < -0.4 is 5.56 Å². The molecule has 1 N–H and O–H groups in total. The van der Waals surface area contributed by atoms with Crippen LogP contribution in [0, 0.1) is 9.90 Å². The molecule has 5 nitrogen and oxygen atoms in total. The lowest BCUT2D eigenvalue weighted by molar-refractivity contribution is 0.657. The first-order valence-corrected chi connectivity index (χ1v) is 6.65. The summed E-state index contributed by atoms with van der Waals surface area (Å²) in [7, 11) is 0. The van der Waals surface area contributed by atoms with Crippen LogP contribution in [0.15, 0.2) is 10.9 Å². The molecule has 94 valence electrons. The van der Waals surface area contributed by atoms with Crippen molar-refractivity contribution in [1.82, 2.24) is 19.2 Å². The van der Waals surface area contributed by atoms with E-state index in [-0.39, 0.29) is 5.56 Å². The van der Waals surface area contributed by atoms with Crippen LogP contribution in [0.2, 0.25) is 0 Å². The molecule has 0 amide bonds. The number of thiophene rings is 1. The second kappa shape index (κ2) is 3.99. The highest BCUT2D eigenvalue weighted by Gasteiger charge is 2.15. The average molecular weight is 284 g/mol. The molecule has 0 radical (unpaired) electrons. The van der Waals surface area contributed by atoms with E-state index in [2.05, 4.69) is 10.2 Å². The summed E-state index contributed by atoms with van der Waals surface area (Å²) >= 11 is 5.96. The fourth-order valence-electron chi connectivity index (χ4n) is 2.00. The van der Waals surface area contributed by atoms with Gasteiger partial charge >= 0.3 is 0 Å². The Morgan fingerprint density at radius 2 is 2.39 bits per heavy atom. The predicted octanol–water partition coefficient (Wildman–Crippen LogP) is 2.32. The van der Waals surface area contributed by atoms with E-state index in [0.29, 0.717) is 27.3 Å². The molecule has 0 aliphatic heterocycles. The van der Waals surface area contributed by atoms with E-state index in [4.69, 9.17) is 12.2 Å². The molecule has 3 heterocycles. The first kappa shape index (κ1) is 11.5. The maximum absolute atomic E-state index is 13.4. The molecule has 3 rings (SSSR count). The number of nitrogens with zero attached hydrogens (tertiary/aromatic N) is 3. The summed E-state index contributed by atoms with van der Waals surface area (Å²) in [4.78, 5) is 12.3. The number of nitrogens with one attached hydrogen (secondary N) is 1. The SMILES string of the molecule is CCCn1c(=O)c2sc(F)cc2n2c(=S)[nH]nc12. The zero-order chi connectivity index (χ0) is 12.9. The lowest BCUT2D eigenvalue weighted by Gasteiger charge is -2.05. The molecule has 0 unspecified atom stereocenters. The van der Waals surface area contributed by atoms with Crippen LogP contribution in [-0.2, 0) is 6.54 Å². The summed E-state index contributed by atoms with van der Waals surface area (Å²) in [5, 5.41) is 6.29. The van der Waals surface area contributed by atoms with Gasteiger partial charge in [0.2, 0.25) is 10.5 Å². The third-order valence-corrected chi connectivity index (χ3v) is 3.88. The first-order chi connectivity index (χ1) is 8.63. The van der Waals surface area contributed by atoms with Gasteiger partial charge in [0.25, 0.3) is 5.56 Å². The van der Waals surface area contributed by atoms with Crippen LogP contribution in [0.1, 0.15) is 13.3 Å². The molecular formula is C10H9FN4OS2. The number of H-pyrrole nitrogens is 1. The third kappa shape index (κ3) is 1.45. The van der Waals surface area contributed by atoms with Gasteiger partial charge in [-0.2, -0.15) is 4.39 Å². The molecule has 0 aliphatic rings. The topological polar surface area (TPSA) is 55.1 Å². The van der Waals surface area contributed by atoms with Crippen LogP contribution in [0.5, 0.6) is 0 Å². The number of halogens is 1. The van der Waals surface area contributed by atoms with Gasteiger partial charge in [0, 0.05) is 12.6 Å². The Balaban J connectivity index is 2.63. The second-order valence-corrected chi connectivity index (χ2v) is 5.27. The third-order valence-electron chi connectivity index (χ3n) is 2.71. The molecule has 3 aromatic rings. The van der Waals surface area contributed by atoms with Crippen molar-refractivity contribution in [3.05, 3.63) is 26.3 Å². The van der Waals surface area contributed by atoms with E-state index < -0.39 is 5.13 Å². The van der Waals surface area contributed by atoms with Gasteiger partial charge in [0.15, 0.2) is 5.13 Å². The monoisotopic (exact) mass is 284 g/mol. The molecule has 0 atom stereocenters. The maximum Gasteiger partial charge on any atom is 0.272 e. The normalized spacial score (nSPS) is 11.7. The van der Waals surface area contributed by atoms with Gasteiger partial charge in [0.1, 0.15) is 4.70 Å². The van der Waals surface area contributed by atoms with Gasteiger partial charge in [-0.1, -0.05) is 18.3 Å². The number of aromatic nitrogens is 4. The number of hydrogen-bond donors (Lipinski definition) is 1. The summed E-state index contributed by atoms with van der Waals surface area (Å²) in [5.41, 5.74) is 0.255. The van der Waals surface area contributed by atoms with E-state index in [1.54, 1.807) is 4.40 Å². The first-order valence-electron chi connectivity index (χ1n) is 5.42. The molecule has 8 heteroatoms. The number of hydrogen-bond acceptors (Lipinski definition) is 4. The molecule has 0 saturated carbocycles. The minimum absolute atomic E-state index is 0.220. The summed E-state index contributed by atoms with van der Waals surface area (Å²) in [6.45, 7) is 2.49. The number of fused-ring (bicyclic) bond motifs is 3. The van der Waals surface area contributed by atoms with Crippen LogP contribution >= 0.6 is 23.6 Å². The molecule has 0 bridgehead atoms. The lowest BCUT2D eigenvalue weighted by atomic mass is 10.4. The Morgan fingerprint density at radius 1 is 1.61 bits per heavy atom. The van der Waals surface area contributed by atoms with Gasteiger partial charge in [-0.05, 0) is 18.6 Å². The second-order valence-electron chi connectivity index (χ2n) is 3.89. The highest BCUT2D eigenvalue weighted by Crippen LogP contribution is 2.22. The van der Waals surface area contributed by atoms with Crippen LogP contribution in [0.3, 0.4) is 0 Å². The molecule has 0 saturated heterocycles. The molecule has 3 aromatic heterocycles. The Kier molecular flexibility index (Phi) is 2.56. The lowest BCUT2D eigenvalue weighted by Crippen LogP contribution is -2.22. The molecule has 0 aliphatic carbocycles. The van der Waals surface area contributed by atoms with Crippen molar-refractivity contribution in [1.29, 1.82) is 0 Å². The van der Waals surface area contributed by atoms with Crippen molar-refractivity contribution in [3.63, 3.8) is 0 Å². The fourth-order valence-corrected chi connectivity index (χ4v) is 3.04. The molecule has 0 spiro atoms. The van der Waals surface area contributed by atoms with Crippen molar-refractivity contribution in [2.45, 2.75) is 19.9 Å². The summed E-state index contributed by atoms with van der Waals surface area (Å²) in [6.07, 6.45) is 0.786. The molecular weight excluding hydrogens is 275 g/mol. The fraction of sp³-hybridized carbons (Fsp3) is 0.300. The van der Waals surface area contributed by atoms with Gasteiger partial charge in [-0.15, -0.1) is 5.10 Å². The number of aryl methyl sites for hydroxylation is 1. The Morgan fingerprint density at radius 3 is 3.11 bits per heavy atom. The molecule has 0 fully saturated rings. The van der Waals surface area contributed by atoms with E-state index in [0.717, 1.165) is 17.8 Å². The van der Waals surface area contributed by atoms with Crippen molar-refractivity contribution in [2.24, 2.45) is 0 Å². The van der Waals surface area contributed by atoms with Gasteiger partial charge < -0.3 is 0 Å². The van der Waals surface area contributed by atoms with E-state index in [1.165, 1.54) is 10.6 Å². The number of aromatic amines is 1. The Bertz CT molecular complexity index is 856. The largest absolute Gasteiger partial charge is 0.276 e. The van der Waals surface area contributed by atoms with Gasteiger partial charge in [0.05, 0.1) is 5.52 Å². The zero-order valence-corrected chi connectivity index (χ0v) is 11.1. The standard InChI is InChI=1S/C10H9FN4OS2/c1-2-3-14-8(16)7-5(4-6(11)18-7)15-9(14)12-13-10(15)17/h4H,2-3H2,1H3,(H,13,17). The molecule has 0 aromatic carbocycles. The Hall–Kier alpha value is -1.54. The van der Waals surface area contributed by atoms with Crippen molar-refractivity contribution >= 4 is 39.5 Å². The minimum Gasteiger partial charge on any atom is -0.276 e. The van der Waals surface area contributed by atoms with Crippen molar-refractivity contribution in [2.75, 3.05) is 0 Å². The predicted molar refractivity (Wildman–Crippen MR) is 70.3 cm³/mol. The highest BCUT2D eigenvalue weighted by atomic mass is 32.1. The van der Waals surface area contributed by atoms with Crippen LogP contribution in [0.4, 0.5) is 4.39 Å². The Labute approximate surface area is 109 Å². The minimum atomic E-state index is -0.402. The highest BCUT2D eigenvalue weighted by molar-refractivity contribution is 7.71. The summed E-state index contributed by atoms with van der Waals surface area (Å²) in [5.74, 6) is 0.428. The molecule has 18 heavy (non-hydrogen) atoms. The smallest absolute Gasteiger partial charge is 0.272 e. The van der Waals surface area contributed by atoms with E-state index in [1.807, 2.05) is 6.92 Å². The van der Waals surface area contributed by atoms with Crippen LogP contribution in [-0.4, -0.2) is 19.2 Å². The van der Waals surface area contributed by atoms with E-state index in [9.17, 15) is 9.18 Å². The summed E-state index contributed by atoms with van der Waals surface area (Å²) in [6, 6.07) is 1.32. The zero-order valence-electron chi connectivity index (χ0n) is 9.44.